The first-order chi connectivity index (χ1) is 8.01. The van der Waals surface area contributed by atoms with Crippen LogP contribution in [0.25, 0.3) is 0 Å². The van der Waals surface area contributed by atoms with Crippen molar-refractivity contribution in [3.8, 4) is 0 Å². The van der Waals surface area contributed by atoms with Crippen LogP contribution >= 0.6 is 23.5 Å². The molecule has 1 nitrogen and oxygen atoms in total. The number of halogens is 4. The highest BCUT2D eigenvalue weighted by Crippen LogP contribution is 2.54. The third-order valence-corrected chi connectivity index (χ3v) is 6.44. The van der Waals surface area contributed by atoms with Gasteiger partial charge in [-0.15, -0.1) is 23.5 Å². The van der Waals surface area contributed by atoms with Gasteiger partial charge in [0.2, 0.25) is 0 Å². The zero-order valence-corrected chi connectivity index (χ0v) is 10.9. The van der Waals surface area contributed by atoms with E-state index in [2.05, 4.69) is 0 Å². The van der Waals surface area contributed by atoms with Gasteiger partial charge >= 0.3 is 12.3 Å². The van der Waals surface area contributed by atoms with Gasteiger partial charge in [-0.25, -0.2) is 8.78 Å². The lowest BCUT2D eigenvalue weighted by atomic mass is 10.0. The van der Waals surface area contributed by atoms with Gasteiger partial charge in [-0.2, -0.15) is 8.78 Å². The van der Waals surface area contributed by atoms with Crippen LogP contribution in [0.4, 0.5) is 17.6 Å². The van der Waals surface area contributed by atoms with Crippen LogP contribution in [-0.4, -0.2) is 46.0 Å². The Kier molecular flexibility index (Phi) is 4.20. The molecule has 2 aliphatic rings. The van der Waals surface area contributed by atoms with Gasteiger partial charge in [0.05, 0.1) is 0 Å². The molecule has 0 aromatic carbocycles. The van der Waals surface area contributed by atoms with E-state index < -0.39 is 17.2 Å². The quantitative estimate of drug-likeness (QED) is 0.732. The highest BCUT2D eigenvalue weighted by molar-refractivity contribution is 8.20. The number of piperidine rings is 1. The van der Waals surface area contributed by atoms with Gasteiger partial charge < -0.3 is 0 Å². The van der Waals surface area contributed by atoms with E-state index in [0.29, 0.717) is 18.2 Å². The summed E-state index contributed by atoms with van der Waals surface area (Å²) in [5, 5.41) is 0.471. The summed E-state index contributed by atoms with van der Waals surface area (Å²) in [6.07, 6.45) is -0.931. The summed E-state index contributed by atoms with van der Waals surface area (Å²) in [6, 6.07) is 0. The minimum Gasteiger partial charge on any atom is -0.283 e. The maximum Gasteiger partial charge on any atom is 0.335 e. The van der Waals surface area contributed by atoms with E-state index in [-0.39, 0.29) is 5.75 Å². The molecule has 2 heterocycles. The smallest absolute Gasteiger partial charge is 0.283 e. The topological polar surface area (TPSA) is 3.24 Å². The molecule has 7 heteroatoms. The summed E-state index contributed by atoms with van der Waals surface area (Å²) >= 11 is 2.32. The first-order valence-electron chi connectivity index (χ1n) is 5.63. The van der Waals surface area contributed by atoms with Crippen molar-refractivity contribution in [3.05, 3.63) is 0 Å². The Bertz CT molecular complexity index is 263. The number of hydrogen-bond acceptors (Lipinski definition) is 3. The first-order valence-corrected chi connectivity index (χ1v) is 7.77. The SMILES string of the molecule is FC(F)C(F)(F)C1(N2CCCCC2)CSCS1. The summed E-state index contributed by atoms with van der Waals surface area (Å²) in [6.45, 7) is 1.02. The molecule has 0 aromatic heterocycles. The van der Waals surface area contributed by atoms with Gasteiger partial charge in [-0.05, 0) is 25.9 Å². The van der Waals surface area contributed by atoms with Gasteiger partial charge in [-0.1, -0.05) is 6.42 Å². The third-order valence-electron chi connectivity index (χ3n) is 3.34. The van der Waals surface area contributed by atoms with Crippen LogP contribution in [0.5, 0.6) is 0 Å². The highest BCUT2D eigenvalue weighted by Gasteiger charge is 2.64. The first kappa shape index (κ1) is 13.8. The van der Waals surface area contributed by atoms with E-state index in [0.717, 1.165) is 31.0 Å². The fourth-order valence-electron chi connectivity index (χ4n) is 2.37. The molecule has 0 aliphatic carbocycles. The number of rotatable bonds is 3. The lowest BCUT2D eigenvalue weighted by Gasteiger charge is -2.45. The Morgan fingerprint density at radius 2 is 1.76 bits per heavy atom. The predicted molar refractivity (Wildman–Crippen MR) is 64.0 cm³/mol. The van der Waals surface area contributed by atoms with Crippen molar-refractivity contribution >= 4 is 23.5 Å². The number of nitrogens with zero attached hydrogens (tertiary/aromatic N) is 1. The molecule has 0 bridgehead atoms. The summed E-state index contributed by atoms with van der Waals surface area (Å²) in [4.78, 5) is -0.0976. The fourth-order valence-corrected chi connectivity index (χ4v) is 5.70. The molecule has 0 saturated carbocycles. The molecule has 100 valence electrons. The van der Waals surface area contributed by atoms with Crippen LogP contribution in [0.15, 0.2) is 0 Å². The van der Waals surface area contributed by atoms with Gasteiger partial charge in [0.25, 0.3) is 0 Å². The van der Waals surface area contributed by atoms with Crippen molar-refractivity contribution in [1.29, 1.82) is 0 Å². The molecule has 0 aromatic rings. The Morgan fingerprint density at radius 3 is 2.24 bits per heavy atom. The molecule has 17 heavy (non-hydrogen) atoms. The second kappa shape index (κ2) is 5.17. The second-order valence-corrected chi connectivity index (χ2v) is 6.97. The zero-order valence-electron chi connectivity index (χ0n) is 9.30. The van der Waals surface area contributed by atoms with E-state index in [1.165, 1.54) is 11.8 Å². The molecule has 2 fully saturated rings. The standard InChI is InChI=1S/C10H15F4NS2/c11-8(12)10(13,14)9(6-16-7-17-9)15-4-2-1-3-5-15/h8H,1-7H2. The Hall–Kier alpha value is 0.380. The van der Waals surface area contributed by atoms with Gasteiger partial charge in [0.15, 0.2) is 0 Å². The van der Waals surface area contributed by atoms with Gasteiger partial charge in [-0.3, -0.25) is 4.90 Å². The molecule has 0 amide bonds. The van der Waals surface area contributed by atoms with Crippen molar-refractivity contribution in [2.75, 3.05) is 23.9 Å². The lowest BCUT2D eigenvalue weighted by molar-refractivity contribution is -0.181. The second-order valence-electron chi connectivity index (χ2n) is 4.37. The predicted octanol–water partition coefficient (Wildman–Crippen LogP) is 3.51. The minimum absolute atomic E-state index is 0.0923. The Morgan fingerprint density at radius 1 is 1.12 bits per heavy atom. The number of hydrogen-bond donors (Lipinski definition) is 0. The van der Waals surface area contributed by atoms with Crippen LogP contribution in [-0.2, 0) is 0 Å². The molecule has 2 rings (SSSR count). The summed E-state index contributed by atoms with van der Waals surface area (Å²) < 4.78 is 53.1. The van der Waals surface area contributed by atoms with Crippen LogP contribution in [0.1, 0.15) is 19.3 Å². The molecule has 1 unspecified atom stereocenters. The van der Waals surface area contributed by atoms with Crippen molar-refractivity contribution in [3.63, 3.8) is 0 Å². The Labute approximate surface area is 107 Å². The molecular weight excluding hydrogens is 274 g/mol. The Balaban J connectivity index is 2.25. The average molecular weight is 289 g/mol. The van der Waals surface area contributed by atoms with Crippen LogP contribution in [0.2, 0.25) is 0 Å². The number of thioether (sulfide) groups is 2. The van der Waals surface area contributed by atoms with E-state index in [1.54, 1.807) is 4.90 Å². The molecule has 0 radical (unpaired) electrons. The van der Waals surface area contributed by atoms with Crippen molar-refractivity contribution in [1.82, 2.24) is 4.90 Å². The van der Waals surface area contributed by atoms with Gasteiger partial charge in [0.1, 0.15) is 4.87 Å². The van der Waals surface area contributed by atoms with E-state index in [1.807, 2.05) is 0 Å². The third kappa shape index (κ3) is 2.30. The van der Waals surface area contributed by atoms with Gasteiger partial charge in [0, 0.05) is 10.8 Å². The number of alkyl halides is 4. The number of likely N-dealkylation sites (tertiary alicyclic amines) is 1. The molecule has 0 spiro atoms. The molecule has 0 N–H and O–H groups in total. The summed E-state index contributed by atoms with van der Waals surface area (Å²) in [5.74, 6) is -3.84. The van der Waals surface area contributed by atoms with Crippen molar-refractivity contribution < 1.29 is 17.6 Å². The highest BCUT2D eigenvalue weighted by atomic mass is 32.2. The summed E-state index contributed by atoms with van der Waals surface area (Å²) in [7, 11) is 0. The van der Waals surface area contributed by atoms with E-state index in [9.17, 15) is 17.6 Å². The van der Waals surface area contributed by atoms with Crippen LogP contribution in [0, 0.1) is 0 Å². The van der Waals surface area contributed by atoms with Crippen LogP contribution < -0.4 is 0 Å². The minimum atomic E-state index is -3.93. The normalized spacial score (nSPS) is 32.3. The van der Waals surface area contributed by atoms with Crippen molar-refractivity contribution in [2.24, 2.45) is 0 Å². The molecule has 2 saturated heterocycles. The average Bonchev–Trinajstić information content (AvgIpc) is 2.80. The van der Waals surface area contributed by atoms with E-state index in [4.69, 9.17) is 0 Å². The largest absolute Gasteiger partial charge is 0.335 e. The van der Waals surface area contributed by atoms with Crippen molar-refractivity contribution in [2.45, 2.75) is 36.5 Å². The van der Waals surface area contributed by atoms with Crippen LogP contribution in [0.3, 0.4) is 0 Å². The lowest BCUT2D eigenvalue weighted by Crippen LogP contribution is -2.62. The molecule has 1 atom stereocenters. The maximum absolute atomic E-state index is 13.9. The summed E-state index contributed by atoms with van der Waals surface area (Å²) in [5.41, 5.74) is 0. The monoisotopic (exact) mass is 289 g/mol. The van der Waals surface area contributed by atoms with E-state index >= 15 is 0 Å². The zero-order chi connectivity index (χ0) is 12.5. The molecular formula is C10H15F4NS2. The fraction of sp³-hybridized carbons (Fsp3) is 1.00. The molecule has 2 aliphatic heterocycles. The maximum atomic E-state index is 13.9.